The minimum Gasteiger partial charge on any atom is -0.478 e. The Kier molecular flexibility index (Phi) is 7.17. The average molecular weight is 447 g/mol. The Morgan fingerprint density at radius 3 is 2.42 bits per heavy atom. The van der Waals surface area contributed by atoms with Crippen molar-refractivity contribution < 1.29 is 9.90 Å². The van der Waals surface area contributed by atoms with Crippen LogP contribution in [0, 0.1) is 5.92 Å². The van der Waals surface area contributed by atoms with Gasteiger partial charge in [-0.1, -0.05) is 75.6 Å². The third-order valence-electron chi connectivity index (χ3n) is 7.14. The second-order valence-electron chi connectivity index (χ2n) is 9.44. The highest BCUT2D eigenvalue weighted by atomic mass is 16.4. The van der Waals surface area contributed by atoms with Crippen LogP contribution in [-0.2, 0) is 13.1 Å². The van der Waals surface area contributed by atoms with Gasteiger partial charge in [-0.15, -0.1) is 0 Å². The van der Waals surface area contributed by atoms with Crippen molar-refractivity contribution in [2.45, 2.75) is 71.4 Å². The maximum atomic E-state index is 13.4. The molecule has 2 aromatic carbocycles. The first kappa shape index (κ1) is 23.1. The first-order valence-corrected chi connectivity index (χ1v) is 12.2. The van der Waals surface area contributed by atoms with E-state index in [1.165, 1.54) is 32.1 Å². The van der Waals surface area contributed by atoms with Crippen LogP contribution >= 0.6 is 0 Å². The molecule has 1 atom stereocenters. The molecule has 1 aliphatic carbocycles. The van der Waals surface area contributed by atoms with Gasteiger partial charge in [-0.05, 0) is 53.9 Å². The van der Waals surface area contributed by atoms with Gasteiger partial charge < -0.3 is 5.11 Å². The van der Waals surface area contributed by atoms with E-state index in [1.54, 1.807) is 12.1 Å². The average Bonchev–Trinajstić information content (AvgIpc) is 3.14. The summed E-state index contributed by atoms with van der Waals surface area (Å²) in [5.41, 5.74) is 4.07. The number of aromatic nitrogens is 2. The monoisotopic (exact) mass is 446 g/mol. The van der Waals surface area contributed by atoms with Crippen LogP contribution in [0.2, 0.25) is 0 Å². The Balaban J connectivity index is 1.60. The van der Waals surface area contributed by atoms with Crippen LogP contribution in [0.1, 0.15) is 79.9 Å². The molecule has 1 aliphatic rings. The zero-order valence-corrected chi connectivity index (χ0v) is 19.7. The zero-order chi connectivity index (χ0) is 23.4. The lowest BCUT2D eigenvalue weighted by atomic mass is 9.89. The molecule has 5 heteroatoms. The number of hydrogen-bond acceptors (Lipinski definition) is 2. The summed E-state index contributed by atoms with van der Waals surface area (Å²) in [7, 11) is 0. The van der Waals surface area contributed by atoms with E-state index >= 15 is 0 Å². The Morgan fingerprint density at radius 1 is 1.06 bits per heavy atom. The molecule has 1 N–H and O–H groups in total. The predicted octanol–water partition coefficient (Wildman–Crippen LogP) is 6.16. The number of hydrogen-bond donors (Lipinski definition) is 1. The number of benzene rings is 2. The molecule has 0 spiro atoms. The van der Waals surface area contributed by atoms with Crippen molar-refractivity contribution >= 4 is 5.97 Å². The Morgan fingerprint density at radius 2 is 1.76 bits per heavy atom. The van der Waals surface area contributed by atoms with Crippen LogP contribution in [-0.4, -0.2) is 20.2 Å². The molecule has 0 saturated heterocycles. The van der Waals surface area contributed by atoms with E-state index in [0.717, 1.165) is 29.8 Å². The summed E-state index contributed by atoms with van der Waals surface area (Å²) in [6.07, 6.45) is 9.37. The van der Waals surface area contributed by atoms with Crippen molar-refractivity contribution in [3.63, 3.8) is 0 Å². The fourth-order valence-corrected chi connectivity index (χ4v) is 4.98. The van der Waals surface area contributed by atoms with Gasteiger partial charge in [-0.25, -0.2) is 9.59 Å². The summed E-state index contributed by atoms with van der Waals surface area (Å²) in [4.78, 5) is 24.9. The quantitative estimate of drug-likeness (QED) is 0.451. The number of imidazole rings is 1. The molecule has 0 radical (unpaired) electrons. The summed E-state index contributed by atoms with van der Waals surface area (Å²) in [5.74, 6) is -0.0172. The molecular weight excluding hydrogens is 412 g/mol. The summed E-state index contributed by atoms with van der Waals surface area (Å²) in [5, 5.41) is 9.49. The minimum absolute atomic E-state index is 0.0798. The summed E-state index contributed by atoms with van der Waals surface area (Å²) >= 11 is 0. The van der Waals surface area contributed by atoms with Crippen molar-refractivity contribution in [1.29, 1.82) is 0 Å². The molecule has 1 fully saturated rings. The van der Waals surface area contributed by atoms with Crippen molar-refractivity contribution in [3.8, 4) is 11.1 Å². The number of nitrogens with zero attached hydrogens (tertiary/aromatic N) is 2. The molecule has 0 bridgehead atoms. The molecule has 5 nitrogen and oxygen atoms in total. The molecule has 1 saturated carbocycles. The van der Waals surface area contributed by atoms with E-state index < -0.39 is 5.97 Å². The van der Waals surface area contributed by atoms with E-state index in [2.05, 4.69) is 20.0 Å². The number of carboxylic acid groups (broad SMARTS) is 1. The van der Waals surface area contributed by atoms with E-state index in [4.69, 9.17) is 0 Å². The maximum Gasteiger partial charge on any atom is 0.336 e. The minimum atomic E-state index is -0.932. The fourth-order valence-electron chi connectivity index (χ4n) is 4.98. The Labute approximate surface area is 195 Å². The van der Waals surface area contributed by atoms with Crippen molar-refractivity contribution in [2.75, 3.05) is 0 Å². The van der Waals surface area contributed by atoms with Gasteiger partial charge in [0.25, 0.3) is 0 Å². The molecule has 33 heavy (non-hydrogen) atoms. The number of aromatic carboxylic acids is 1. The lowest BCUT2D eigenvalue weighted by molar-refractivity contribution is 0.0697. The smallest absolute Gasteiger partial charge is 0.336 e. The summed E-state index contributed by atoms with van der Waals surface area (Å²) in [6.45, 7) is 5.69. The van der Waals surface area contributed by atoms with Crippen LogP contribution in [0.4, 0.5) is 0 Å². The molecule has 0 amide bonds. The Bertz CT molecular complexity index is 1150. The van der Waals surface area contributed by atoms with Gasteiger partial charge in [0.05, 0.1) is 12.1 Å². The van der Waals surface area contributed by atoms with Crippen molar-refractivity contribution in [2.24, 2.45) is 5.92 Å². The van der Waals surface area contributed by atoms with Crippen molar-refractivity contribution in [1.82, 2.24) is 9.13 Å². The highest BCUT2D eigenvalue weighted by molar-refractivity contribution is 5.95. The molecule has 1 aromatic heterocycles. The van der Waals surface area contributed by atoms with Gasteiger partial charge in [-0.2, -0.15) is 0 Å². The van der Waals surface area contributed by atoms with Gasteiger partial charge in [0.2, 0.25) is 0 Å². The normalized spacial score (nSPS) is 15.5. The molecule has 174 valence electrons. The molecular formula is C28H34N2O3. The van der Waals surface area contributed by atoms with Crippen LogP contribution in [0.3, 0.4) is 0 Å². The van der Waals surface area contributed by atoms with Gasteiger partial charge in [-0.3, -0.25) is 9.13 Å². The molecule has 1 unspecified atom stereocenters. The molecule has 0 aliphatic heterocycles. The second-order valence-corrected chi connectivity index (χ2v) is 9.44. The Hall–Kier alpha value is -3.08. The number of rotatable bonds is 8. The highest BCUT2D eigenvalue weighted by Gasteiger charge is 2.20. The van der Waals surface area contributed by atoms with Crippen molar-refractivity contribution in [3.05, 3.63) is 82.0 Å². The fraction of sp³-hybridized carbons (Fsp3) is 0.429. The van der Waals surface area contributed by atoms with Gasteiger partial charge >= 0.3 is 11.7 Å². The highest BCUT2D eigenvalue weighted by Crippen LogP contribution is 2.27. The van der Waals surface area contributed by atoms with Crippen LogP contribution < -0.4 is 5.69 Å². The molecule has 3 aromatic rings. The first-order chi connectivity index (χ1) is 16.0. The standard InChI is InChI=1S/C28H34N2O3/c1-3-20(2)26-19-29(17-21-9-5-4-6-10-21)28(33)30(26)18-22-13-15-23(16-14-22)24-11-7-8-12-25(24)27(31)32/h7-8,11-16,19-21H,3-6,9-10,17-18H2,1-2H3,(H,31,32). The lowest BCUT2D eigenvalue weighted by Gasteiger charge is -2.21. The maximum absolute atomic E-state index is 13.4. The van der Waals surface area contributed by atoms with Gasteiger partial charge in [0.15, 0.2) is 0 Å². The SMILES string of the molecule is CCC(C)c1cn(CC2CCCCC2)c(=O)n1Cc1ccc(-c2ccccc2C(=O)O)cc1. The summed E-state index contributed by atoms with van der Waals surface area (Å²) in [6, 6.07) is 14.9. The predicted molar refractivity (Wildman–Crippen MR) is 132 cm³/mol. The topological polar surface area (TPSA) is 64.2 Å². The molecule has 1 heterocycles. The van der Waals surface area contributed by atoms with Crippen LogP contribution in [0.15, 0.2) is 59.5 Å². The summed E-state index contributed by atoms with van der Waals surface area (Å²) < 4.78 is 3.87. The van der Waals surface area contributed by atoms with E-state index in [9.17, 15) is 14.7 Å². The van der Waals surface area contributed by atoms with Gasteiger partial charge in [0, 0.05) is 18.4 Å². The van der Waals surface area contributed by atoms with Crippen LogP contribution in [0.5, 0.6) is 0 Å². The van der Waals surface area contributed by atoms with Gasteiger partial charge in [0.1, 0.15) is 0 Å². The zero-order valence-electron chi connectivity index (χ0n) is 19.7. The third-order valence-corrected chi connectivity index (χ3v) is 7.14. The number of carbonyl (C=O) groups is 1. The first-order valence-electron chi connectivity index (χ1n) is 12.2. The van der Waals surface area contributed by atoms with E-state index in [0.29, 0.717) is 29.5 Å². The van der Waals surface area contributed by atoms with Crippen LogP contribution in [0.25, 0.3) is 11.1 Å². The van der Waals surface area contributed by atoms with E-state index in [-0.39, 0.29) is 5.69 Å². The lowest BCUT2D eigenvalue weighted by Crippen LogP contribution is -2.28. The van der Waals surface area contributed by atoms with E-state index in [1.807, 2.05) is 45.5 Å². The number of carboxylic acids is 1. The second kappa shape index (κ2) is 10.2. The third kappa shape index (κ3) is 5.13. The largest absolute Gasteiger partial charge is 0.478 e. The molecule has 4 rings (SSSR count).